The van der Waals surface area contributed by atoms with Gasteiger partial charge >= 0.3 is 0 Å². The van der Waals surface area contributed by atoms with Gasteiger partial charge in [0.2, 0.25) is 0 Å². The van der Waals surface area contributed by atoms with Crippen LogP contribution < -0.4 is 21.1 Å². The first kappa shape index (κ1) is 17.3. The number of ether oxygens (including phenoxy) is 1. The van der Waals surface area contributed by atoms with Crippen LogP contribution in [0.5, 0.6) is 5.75 Å². The van der Waals surface area contributed by atoms with Gasteiger partial charge in [0, 0.05) is 29.2 Å². The number of anilines is 1. The van der Waals surface area contributed by atoms with Gasteiger partial charge in [0.1, 0.15) is 10.8 Å². The minimum absolute atomic E-state index is 0.180. The highest BCUT2D eigenvalue weighted by Crippen LogP contribution is 2.43. The van der Waals surface area contributed by atoms with Crippen LogP contribution in [-0.2, 0) is 11.2 Å². The number of nitrogens with zero attached hydrogens (tertiary/aromatic N) is 1. The van der Waals surface area contributed by atoms with E-state index in [1.165, 1.54) is 11.3 Å². The smallest absolute Gasteiger partial charge is 0.284 e. The molecule has 1 amide bonds. The normalized spacial score (nSPS) is 23.0. The molecular weight excluding hydrogens is 407 g/mol. The largest absolute Gasteiger partial charge is 0.491 e. The predicted molar refractivity (Wildman–Crippen MR) is 107 cm³/mol. The van der Waals surface area contributed by atoms with Gasteiger partial charge in [-0.3, -0.25) is 10.5 Å². The SMILES string of the molecule is NC1(C(=O)NC2CC2)N=C(c2c(Cl)cc(Cl)c3c2CCO3)c2ccsc2N1. The predicted octanol–water partition coefficient (Wildman–Crippen LogP) is 3.14. The van der Waals surface area contributed by atoms with Crippen LogP contribution in [0, 0.1) is 0 Å². The van der Waals surface area contributed by atoms with E-state index in [1.54, 1.807) is 6.07 Å². The molecule has 1 unspecified atom stereocenters. The number of nitrogens with two attached hydrogens (primary N) is 1. The highest BCUT2D eigenvalue weighted by molar-refractivity contribution is 7.14. The summed E-state index contributed by atoms with van der Waals surface area (Å²) in [7, 11) is 0. The van der Waals surface area contributed by atoms with Gasteiger partial charge in [-0.15, -0.1) is 11.3 Å². The number of carbonyl (C=O) groups excluding carboxylic acids is 1. The molecule has 0 spiro atoms. The van der Waals surface area contributed by atoms with E-state index in [4.69, 9.17) is 33.7 Å². The first-order chi connectivity index (χ1) is 13.0. The quantitative estimate of drug-likeness (QED) is 0.708. The number of benzene rings is 1. The standard InChI is InChI=1S/C18H16Cl2N4O2S/c19-11-7-12(20)15-9(3-5-26-15)13(11)14-10-4-6-27-16(10)24-18(21,23-14)17(25)22-8-1-2-8/h4,6-8,24H,1-3,5,21H2,(H,22,25). The molecule has 0 bridgehead atoms. The van der Waals surface area contributed by atoms with Crippen molar-refractivity contribution in [3.8, 4) is 5.75 Å². The maximum absolute atomic E-state index is 12.8. The molecule has 1 aromatic heterocycles. The van der Waals surface area contributed by atoms with Crippen LogP contribution >= 0.6 is 34.5 Å². The molecule has 2 aliphatic heterocycles. The van der Waals surface area contributed by atoms with Crippen LogP contribution in [0.4, 0.5) is 5.00 Å². The molecule has 3 heterocycles. The number of rotatable bonds is 3. The number of carbonyl (C=O) groups is 1. The maximum atomic E-state index is 12.8. The van der Waals surface area contributed by atoms with Crippen molar-refractivity contribution in [1.29, 1.82) is 0 Å². The fraction of sp³-hybridized carbons (Fsp3) is 0.333. The first-order valence-electron chi connectivity index (χ1n) is 8.66. The van der Waals surface area contributed by atoms with Crippen molar-refractivity contribution in [2.45, 2.75) is 31.1 Å². The third kappa shape index (κ3) is 2.81. The summed E-state index contributed by atoms with van der Waals surface area (Å²) >= 11 is 14.3. The molecule has 3 aliphatic rings. The fourth-order valence-electron chi connectivity index (χ4n) is 3.41. The Hall–Kier alpha value is -1.80. The first-order valence-corrected chi connectivity index (χ1v) is 10.3. The Morgan fingerprint density at radius 2 is 2.22 bits per heavy atom. The van der Waals surface area contributed by atoms with Crippen LogP contribution in [-0.4, -0.2) is 30.1 Å². The van der Waals surface area contributed by atoms with E-state index in [9.17, 15) is 4.79 Å². The third-order valence-corrected chi connectivity index (χ3v) is 6.30. The van der Waals surface area contributed by atoms with Crippen molar-refractivity contribution in [3.05, 3.63) is 44.2 Å². The molecule has 1 fully saturated rings. The van der Waals surface area contributed by atoms with Crippen LogP contribution in [0.2, 0.25) is 10.0 Å². The Balaban J connectivity index is 1.68. The highest BCUT2D eigenvalue weighted by Gasteiger charge is 2.42. The molecule has 1 aliphatic carbocycles. The average molecular weight is 423 g/mol. The number of fused-ring (bicyclic) bond motifs is 2. The van der Waals surface area contributed by atoms with Gasteiger partial charge in [-0.05, 0) is 30.4 Å². The fourth-order valence-corrected chi connectivity index (χ4v) is 4.90. The molecule has 0 saturated heterocycles. The Labute approximate surface area is 169 Å². The Morgan fingerprint density at radius 1 is 1.41 bits per heavy atom. The summed E-state index contributed by atoms with van der Waals surface area (Å²) in [6, 6.07) is 3.78. The van der Waals surface area contributed by atoms with E-state index in [2.05, 4.69) is 15.6 Å². The monoisotopic (exact) mass is 422 g/mol. The molecule has 27 heavy (non-hydrogen) atoms. The van der Waals surface area contributed by atoms with Crippen molar-refractivity contribution < 1.29 is 9.53 Å². The van der Waals surface area contributed by atoms with Crippen LogP contribution in [0.1, 0.15) is 29.5 Å². The highest BCUT2D eigenvalue weighted by atomic mass is 35.5. The van der Waals surface area contributed by atoms with Gasteiger partial charge in [-0.1, -0.05) is 23.2 Å². The van der Waals surface area contributed by atoms with Gasteiger partial charge in [0.15, 0.2) is 0 Å². The number of halogens is 2. The molecule has 5 rings (SSSR count). The average Bonchev–Trinajstić information content (AvgIpc) is 3.10. The second kappa shape index (κ2) is 6.10. The molecule has 2 aromatic rings. The summed E-state index contributed by atoms with van der Waals surface area (Å²) < 4.78 is 5.68. The lowest BCUT2D eigenvalue weighted by Gasteiger charge is -2.31. The number of aliphatic imine (C=N–C) groups is 1. The van der Waals surface area contributed by atoms with E-state index in [0.717, 1.165) is 34.5 Å². The Bertz CT molecular complexity index is 1000. The van der Waals surface area contributed by atoms with E-state index in [1.807, 2.05) is 11.4 Å². The van der Waals surface area contributed by atoms with Gasteiger partial charge in [0.25, 0.3) is 11.7 Å². The number of amides is 1. The van der Waals surface area contributed by atoms with Gasteiger partial charge in [-0.25, -0.2) is 4.99 Å². The minimum atomic E-state index is -1.59. The lowest BCUT2D eigenvalue weighted by molar-refractivity contribution is -0.125. The maximum Gasteiger partial charge on any atom is 0.284 e. The molecule has 1 atom stereocenters. The molecule has 9 heteroatoms. The van der Waals surface area contributed by atoms with E-state index in [0.29, 0.717) is 34.5 Å². The third-order valence-electron chi connectivity index (χ3n) is 4.89. The van der Waals surface area contributed by atoms with Gasteiger partial charge < -0.3 is 15.4 Å². The Kier molecular flexibility index (Phi) is 3.91. The molecule has 1 saturated carbocycles. The van der Waals surface area contributed by atoms with Crippen molar-refractivity contribution >= 4 is 51.2 Å². The second-order valence-electron chi connectivity index (χ2n) is 6.88. The lowest BCUT2D eigenvalue weighted by atomic mass is 9.95. The van der Waals surface area contributed by atoms with E-state index in [-0.39, 0.29) is 11.9 Å². The lowest BCUT2D eigenvalue weighted by Crippen LogP contribution is -2.60. The topological polar surface area (TPSA) is 88.7 Å². The zero-order chi connectivity index (χ0) is 18.8. The van der Waals surface area contributed by atoms with Crippen LogP contribution in [0.25, 0.3) is 0 Å². The molecule has 1 aromatic carbocycles. The van der Waals surface area contributed by atoms with Crippen molar-refractivity contribution in [1.82, 2.24) is 5.32 Å². The summed E-state index contributed by atoms with van der Waals surface area (Å²) in [5.74, 6) is -1.32. The van der Waals surface area contributed by atoms with Crippen molar-refractivity contribution in [2.24, 2.45) is 10.7 Å². The summed E-state index contributed by atoms with van der Waals surface area (Å²) in [5, 5.41) is 9.66. The summed E-state index contributed by atoms with van der Waals surface area (Å²) in [6.45, 7) is 0.528. The summed E-state index contributed by atoms with van der Waals surface area (Å²) in [4.78, 5) is 17.4. The molecule has 4 N–H and O–H groups in total. The number of hydrogen-bond donors (Lipinski definition) is 3. The molecule has 6 nitrogen and oxygen atoms in total. The molecule has 0 radical (unpaired) electrons. The van der Waals surface area contributed by atoms with E-state index >= 15 is 0 Å². The van der Waals surface area contributed by atoms with Gasteiger partial charge in [0.05, 0.1) is 22.4 Å². The molecule has 140 valence electrons. The van der Waals surface area contributed by atoms with Crippen LogP contribution in [0.15, 0.2) is 22.5 Å². The zero-order valence-electron chi connectivity index (χ0n) is 14.1. The number of nitrogens with one attached hydrogen (secondary N) is 2. The zero-order valence-corrected chi connectivity index (χ0v) is 16.5. The Morgan fingerprint density at radius 3 is 3.00 bits per heavy atom. The van der Waals surface area contributed by atoms with E-state index < -0.39 is 5.79 Å². The van der Waals surface area contributed by atoms with Gasteiger partial charge in [-0.2, -0.15) is 0 Å². The molecular formula is C18H16Cl2N4O2S. The van der Waals surface area contributed by atoms with Crippen molar-refractivity contribution in [2.75, 3.05) is 11.9 Å². The second-order valence-corrected chi connectivity index (χ2v) is 8.61. The minimum Gasteiger partial charge on any atom is -0.491 e. The van der Waals surface area contributed by atoms with Crippen LogP contribution in [0.3, 0.4) is 0 Å². The van der Waals surface area contributed by atoms with Crippen molar-refractivity contribution in [3.63, 3.8) is 0 Å². The number of thiophene rings is 1. The summed E-state index contributed by atoms with van der Waals surface area (Å²) in [5.41, 5.74) is 9.47. The number of hydrogen-bond acceptors (Lipinski definition) is 6. The summed E-state index contributed by atoms with van der Waals surface area (Å²) in [6.07, 6.45) is 2.61.